The molecule has 1 aliphatic heterocycles. The number of anilines is 3. The van der Waals surface area contributed by atoms with Gasteiger partial charge >= 0.3 is 0 Å². The zero-order valence-corrected chi connectivity index (χ0v) is 16.4. The SMILES string of the molecule is c1ccc(-c2nnc(Nc3cccnc3Oc3cccc4c3NCCC4)s2)cc1. The molecule has 7 heteroatoms. The van der Waals surface area contributed by atoms with Crippen molar-refractivity contribution in [2.24, 2.45) is 0 Å². The predicted molar refractivity (Wildman–Crippen MR) is 116 cm³/mol. The smallest absolute Gasteiger partial charge is 0.243 e. The molecule has 6 nitrogen and oxygen atoms in total. The van der Waals surface area contributed by atoms with Crippen LogP contribution in [0.2, 0.25) is 0 Å². The number of benzene rings is 2. The van der Waals surface area contributed by atoms with Gasteiger partial charge in [-0.3, -0.25) is 0 Å². The molecule has 0 fully saturated rings. The molecule has 0 spiro atoms. The van der Waals surface area contributed by atoms with Crippen LogP contribution in [0.3, 0.4) is 0 Å². The molecule has 0 bridgehead atoms. The summed E-state index contributed by atoms with van der Waals surface area (Å²) in [5, 5.41) is 16.9. The van der Waals surface area contributed by atoms with Gasteiger partial charge in [-0.25, -0.2) is 4.98 Å². The van der Waals surface area contributed by atoms with E-state index in [2.05, 4.69) is 31.9 Å². The average Bonchev–Trinajstić information content (AvgIpc) is 3.25. The Morgan fingerprint density at radius 3 is 2.83 bits per heavy atom. The number of rotatable bonds is 5. The number of pyridine rings is 1. The fourth-order valence-electron chi connectivity index (χ4n) is 3.32. The lowest BCUT2D eigenvalue weighted by atomic mass is 10.0. The summed E-state index contributed by atoms with van der Waals surface area (Å²) in [5.74, 6) is 1.29. The molecular weight excluding hydrogens is 382 g/mol. The maximum Gasteiger partial charge on any atom is 0.243 e. The Balaban J connectivity index is 1.40. The first-order valence-electron chi connectivity index (χ1n) is 9.51. The Kier molecular flexibility index (Phi) is 4.80. The number of aromatic nitrogens is 3. The van der Waals surface area contributed by atoms with Gasteiger partial charge in [0.2, 0.25) is 11.0 Å². The van der Waals surface area contributed by atoms with Gasteiger partial charge in [-0.15, -0.1) is 10.2 Å². The number of nitrogens with one attached hydrogen (secondary N) is 2. The summed E-state index contributed by atoms with van der Waals surface area (Å²) in [6.07, 6.45) is 3.91. The van der Waals surface area contributed by atoms with Crippen LogP contribution < -0.4 is 15.4 Å². The molecule has 0 saturated heterocycles. The highest BCUT2D eigenvalue weighted by atomic mass is 32.1. The van der Waals surface area contributed by atoms with E-state index in [1.165, 1.54) is 16.9 Å². The third-order valence-corrected chi connectivity index (χ3v) is 5.59. The maximum absolute atomic E-state index is 6.19. The summed E-state index contributed by atoms with van der Waals surface area (Å²) in [4.78, 5) is 4.43. The van der Waals surface area contributed by atoms with Crippen LogP contribution in [-0.2, 0) is 6.42 Å². The molecule has 1 aliphatic rings. The van der Waals surface area contributed by atoms with E-state index in [1.54, 1.807) is 6.20 Å². The lowest BCUT2D eigenvalue weighted by Gasteiger charge is -2.21. The third kappa shape index (κ3) is 3.77. The van der Waals surface area contributed by atoms with Crippen molar-refractivity contribution in [2.45, 2.75) is 12.8 Å². The van der Waals surface area contributed by atoms with Crippen molar-refractivity contribution in [3.63, 3.8) is 0 Å². The Bertz CT molecular complexity index is 1130. The normalized spacial score (nSPS) is 12.7. The highest BCUT2D eigenvalue weighted by Crippen LogP contribution is 2.38. The average molecular weight is 401 g/mol. The summed E-state index contributed by atoms with van der Waals surface area (Å²) in [7, 11) is 0. The van der Waals surface area contributed by atoms with E-state index < -0.39 is 0 Å². The minimum absolute atomic E-state index is 0.504. The van der Waals surface area contributed by atoms with Crippen molar-refractivity contribution in [2.75, 3.05) is 17.2 Å². The topological polar surface area (TPSA) is 72.0 Å². The Morgan fingerprint density at radius 1 is 0.966 bits per heavy atom. The number of ether oxygens (including phenoxy) is 1. The van der Waals surface area contributed by atoms with Crippen LogP contribution in [0, 0.1) is 0 Å². The zero-order valence-electron chi connectivity index (χ0n) is 15.6. The second kappa shape index (κ2) is 7.89. The lowest BCUT2D eigenvalue weighted by Crippen LogP contribution is -2.12. The molecule has 0 radical (unpaired) electrons. The molecule has 0 unspecified atom stereocenters. The predicted octanol–water partition coefficient (Wildman–Crippen LogP) is 5.49. The number of aryl methyl sites for hydroxylation is 1. The number of nitrogens with zero attached hydrogens (tertiary/aromatic N) is 3. The molecule has 144 valence electrons. The van der Waals surface area contributed by atoms with Gasteiger partial charge in [0.05, 0.1) is 5.69 Å². The maximum atomic E-state index is 6.19. The van der Waals surface area contributed by atoms with E-state index in [1.807, 2.05) is 54.6 Å². The standard InChI is InChI=1S/C22H19N5OS/c1-2-7-16(8-3-1)21-26-27-22(29-21)25-17-11-6-14-24-20(17)28-18-12-4-9-15-10-5-13-23-19(15)18/h1-4,6-9,11-12,14,23H,5,10,13H2,(H,25,27). The van der Waals surface area contributed by atoms with Crippen molar-refractivity contribution < 1.29 is 4.74 Å². The van der Waals surface area contributed by atoms with Gasteiger partial charge in [0.25, 0.3) is 0 Å². The lowest BCUT2D eigenvalue weighted by molar-refractivity contribution is 0.465. The van der Waals surface area contributed by atoms with Gasteiger partial charge in [0.15, 0.2) is 5.75 Å². The Morgan fingerprint density at radius 2 is 1.90 bits per heavy atom. The minimum Gasteiger partial charge on any atom is -0.435 e. The third-order valence-electron chi connectivity index (χ3n) is 4.70. The molecule has 0 atom stereocenters. The van der Waals surface area contributed by atoms with Crippen molar-refractivity contribution >= 4 is 27.8 Å². The minimum atomic E-state index is 0.504. The van der Waals surface area contributed by atoms with Gasteiger partial charge in [-0.1, -0.05) is 53.8 Å². The molecule has 29 heavy (non-hydrogen) atoms. The molecular formula is C22H19N5OS. The summed E-state index contributed by atoms with van der Waals surface area (Å²) < 4.78 is 6.19. The molecule has 4 aromatic rings. The molecule has 5 rings (SSSR count). The van der Waals surface area contributed by atoms with E-state index in [0.717, 1.165) is 47.1 Å². The van der Waals surface area contributed by atoms with Crippen molar-refractivity contribution in [3.05, 3.63) is 72.4 Å². The molecule has 2 N–H and O–H groups in total. The van der Waals surface area contributed by atoms with E-state index >= 15 is 0 Å². The summed E-state index contributed by atoms with van der Waals surface area (Å²) in [6, 6.07) is 19.9. The van der Waals surface area contributed by atoms with Crippen LogP contribution in [0.1, 0.15) is 12.0 Å². The van der Waals surface area contributed by atoms with Gasteiger partial charge in [0, 0.05) is 18.3 Å². The zero-order chi connectivity index (χ0) is 19.5. The van der Waals surface area contributed by atoms with Gasteiger partial charge in [-0.2, -0.15) is 0 Å². The number of fused-ring (bicyclic) bond motifs is 1. The first kappa shape index (κ1) is 17.6. The molecule has 0 amide bonds. The summed E-state index contributed by atoms with van der Waals surface area (Å²) in [6.45, 7) is 0.952. The van der Waals surface area contributed by atoms with Crippen LogP contribution in [0.4, 0.5) is 16.5 Å². The highest BCUT2D eigenvalue weighted by Gasteiger charge is 2.16. The monoisotopic (exact) mass is 401 g/mol. The van der Waals surface area contributed by atoms with Crippen LogP contribution in [-0.4, -0.2) is 21.7 Å². The van der Waals surface area contributed by atoms with Crippen LogP contribution in [0.25, 0.3) is 10.6 Å². The fourth-order valence-corrected chi connectivity index (χ4v) is 4.08. The first-order chi connectivity index (χ1) is 14.4. The van der Waals surface area contributed by atoms with E-state index in [0.29, 0.717) is 11.0 Å². The van der Waals surface area contributed by atoms with Crippen LogP contribution in [0.15, 0.2) is 66.9 Å². The van der Waals surface area contributed by atoms with E-state index in [9.17, 15) is 0 Å². The highest BCUT2D eigenvalue weighted by molar-refractivity contribution is 7.18. The Hall–Kier alpha value is -3.45. The number of hydrogen-bond donors (Lipinski definition) is 2. The van der Waals surface area contributed by atoms with Crippen molar-refractivity contribution in [1.29, 1.82) is 0 Å². The largest absolute Gasteiger partial charge is 0.435 e. The summed E-state index contributed by atoms with van der Waals surface area (Å²) in [5.41, 5.74) is 4.12. The van der Waals surface area contributed by atoms with Crippen LogP contribution in [0.5, 0.6) is 11.6 Å². The van der Waals surface area contributed by atoms with Gasteiger partial charge in [0.1, 0.15) is 10.7 Å². The summed E-state index contributed by atoms with van der Waals surface area (Å²) >= 11 is 1.49. The fraction of sp³-hybridized carbons (Fsp3) is 0.136. The van der Waals surface area contributed by atoms with Gasteiger partial charge < -0.3 is 15.4 Å². The van der Waals surface area contributed by atoms with Crippen molar-refractivity contribution in [3.8, 4) is 22.2 Å². The second-order valence-corrected chi connectivity index (χ2v) is 7.66. The number of para-hydroxylation sites is 1. The van der Waals surface area contributed by atoms with E-state index in [-0.39, 0.29) is 0 Å². The van der Waals surface area contributed by atoms with E-state index in [4.69, 9.17) is 4.74 Å². The number of hydrogen-bond acceptors (Lipinski definition) is 7. The Labute approximate surface area is 172 Å². The molecule has 0 saturated carbocycles. The first-order valence-corrected chi connectivity index (χ1v) is 10.3. The van der Waals surface area contributed by atoms with Gasteiger partial charge in [-0.05, 0) is 36.6 Å². The molecule has 2 aromatic carbocycles. The van der Waals surface area contributed by atoms with Crippen LogP contribution >= 0.6 is 11.3 Å². The second-order valence-electron chi connectivity index (χ2n) is 6.68. The quantitative estimate of drug-likeness (QED) is 0.460. The molecule has 0 aliphatic carbocycles. The van der Waals surface area contributed by atoms with Crippen molar-refractivity contribution in [1.82, 2.24) is 15.2 Å². The molecule has 2 aromatic heterocycles. The molecule has 3 heterocycles.